The average Bonchev–Trinajstić information content (AvgIpc) is 3.08. The minimum absolute atomic E-state index is 0.180. The number of carbonyl (C=O) groups excluding carboxylic acids is 1. The molecule has 1 fully saturated rings. The van der Waals surface area contributed by atoms with Crippen LogP contribution in [-0.4, -0.2) is 43.6 Å². The maximum absolute atomic E-state index is 12.2. The predicted molar refractivity (Wildman–Crippen MR) is 67.8 cm³/mol. The number of piperidine rings is 1. The molecule has 1 saturated heterocycles. The Morgan fingerprint density at radius 2 is 2.16 bits per heavy atom. The van der Waals surface area contributed by atoms with Gasteiger partial charge in [-0.1, -0.05) is 5.21 Å². The molecule has 1 aliphatic rings. The van der Waals surface area contributed by atoms with Crippen molar-refractivity contribution in [2.45, 2.75) is 18.9 Å². The Morgan fingerprint density at radius 1 is 1.37 bits per heavy atom. The van der Waals surface area contributed by atoms with E-state index in [0.717, 1.165) is 25.9 Å². The summed E-state index contributed by atoms with van der Waals surface area (Å²) in [6.45, 7) is 1.96. The second kappa shape index (κ2) is 4.93. The Balaban J connectivity index is 1.78. The van der Waals surface area contributed by atoms with E-state index >= 15 is 0 Å². The van der Waals surface area contributed by atoms with Crippen molar-refractivity contribution in [1.29, 1.82) is 0 Å². The highest BCUT2D eigenvalue weighted by molar-refractivity contribution is 6.06. The summed E-state index contributed by atoms with van der Waals surface area (Å²) in [7, 11) is 1.78. The minimum Gasteiger partial charge on any atom is -0.317 e. The maximum atomic E-state index is 12.2. The van der Waals surface area contributed by atoms with Crippen LogP contribution in [0.4, 0.5) is 0 Å². The highest BCUT2D eigenvalue weighted by Gasteiger charge is 2.20. The number of aromatic nitrogens is 5. The van der Waals surface area contributed by atoms with Crippen molar-refractivity contribution < 1.29 is 4.79 Å². The molecule has 0 atom stereocenters. The van der Waals surface area contributed by atoms with Gasteiger partial charge in [0.2, 0.25) is 5.78 Å². The van der Waals surface area contributed by atoms with E-state index in [2.05, 4.69) is 20.7 Å². The summed E-state index contributed by atoms with van der Waals surface area (Å²) in [5.41, 5.74) is 0.761. The number of nitrogens with one attached hydrogen (secondary N) is 1. The number of hydrogen-bond acceptors (Lipinski definition) is 5. The number of rotatable bonds is 3. The van der Waals surface area contributed by atoms with Gasteiger partial charge in [0.25, 0.3) is 0 Å². The van der Waals surface area contributed by atoms with Crippen molar-refractivity contribution in [2.75, 3.05) is 13.1 Å². The van der Waals surface area contributed by atoms with E-state index in [0.29, 0.717) is 17.4 Å². The van der Waals surface area contributed by atoms with Crippen LogP contribution in [0.25, 0.3) is 0 Å². The molecule has 0 bridgehead atoms. The van der Waals surface area contributed by atoms with E-state index in [-0.39, 0.29) is 5.78 Å². The fraction of sp³-hybridized carbons (Fsp3) is 0.500. The first-order valence-electron chi connectivity index (χ1n) is 6.41. The van der Waals surface area contributed by atoms with Gasteiger partial charge >= 0.3 is 0 Å². The molecule has 2 aromatic heterocycles. The zero-order chi connectivity index (χ0) is 13.2. The summed E-state index contributed by atoms with van der Waals surface area (Å²) in [6, 6.07) is 2.02. The molecule has 0 spiro atoms. The lowest BCUT2D eigenvalue weighted by Gasteiger charge is -2.21. The molecular weight excluding hydrogens is 244 g/mol. The SMILES string of the molecule is Cn1ccc(C(=O)c2cn(C3CCNCC3)nn2)n1. The third kappa shape index (κ3) is 2.41. The molecule has 0 aromatic carbocycles. The topological polar surface area (TPSA) is 77.6 Å². The second-order valence-corrected chi connectivity index (χ2v) is 4.77. The number of carbonyl (C=O) groups is 1. The highest BCUT2D eigenvalue weighted by Crippen LogP contribution is 2.17. The molecule has 0 saturated carbocycles. The van der Waals surface area contributed by atoms with Gasteiger partial charge in [0, 0.05) is 13.2 Å². The molecule has 1 aliphatic heterocycles. The quantitative estimate of drug-likeness (QED) is 0.796. The van der Waals surface area contributed by atoms with E-state index in [1.54, 1.807) is 34.9 Å². The fourth-order valence-electron chi connectivity index (χ4n) is 2.30. The van der Waals surface area contributed by atoms with Crippen molar-refractivity contribution in [1.82, 2.24) is 30.1 Å². The van der Waals surface area contributed by atoms with E-state index < -0.39 is 0 Å². The summed E-state index contributed by atoms with van der Waals surface area (Å²) in [5.74, 6) is -0.180. The molecule has 100 valence electrons. The molecule has 1 N–H and O–H groups in total. The van der Waals surface area contributed by atoms with Gasteiger partial charge < -0.3 is 5.32 Å². The van der Waals surface area contributed by atoms with Crippen LogP contribution in [0.3, 0.4) is 0 Å². The molecule has 19 heavy (non-hydrogen) atoms. The zero-order valence-electron chi connectivity index (χ0n) is 10.8. The van der Waals surface area contributed by atoms with Crippen LogP contribution < -0.4 is 5.32 Å². The molecule has 2 aromatic rings. The van der Waals surface area contributed by atoms with Crippen LogP contribution >= 0.6 is 0 Å². The Kier molecular flexibility index (Phi) is 3.12. The molecule has 3 heterocycles. The zero-order valence-corrected chi connectivity index (χ0v) is 10.8. The first kappa shape index (κ1) is 12.0. The predicted octanol–water partition coefficient (Wildman–Crippen LogP) is 0.167. The lowest BCUT2D eigenvalue weighted by Crippen LogP contribution is -2.29. The normalized spacial score (nSPS) is 16.7. The molecule has 3 rings (SSSR count). The van der Waals surface area contributed by atoms with Crippen molar-refractivity contribution >= 4 is 5.78 Å². The molecule has 0 radical (unpaired) electrons. The maximum Gasteiger partial charge on any atom is 0.235 e. The van der Waals surface area contributed by atoms with E-state index in [1.165, 1.54) is 0 Å². The Labute approximate surface area is 110 Å². The van der Waals surface area contributed by atoms with Crippen molar-refractivity contribution in [3.8, 4) is 0 Å². The van der Waals surface area contributed by atoms with Gasteiger partial charge in [-0.3, -0.25) is 9.48 Å². The summed E-state index contributed by atoms with van der Waals surface area (Å²) in [4.78, 5) is 12.2. The number of hydrogen-bond donors (Lipinski definition) is 1. The van der Waals surface area contributed by atoms with Crippen molar-refractivity contribution in [3.63, 3.8) is 0 Å². The van der Waals surface area contributed by atoms with Crippen LogP contribution in [0.5, 0.6) is 0 Å². The highest BCUT2D eigenvalue weighted by atomic mass is 16.1. The lowest BCUT2D eigenvalue weighted by atomic mass is 10.1. The third-order valence-electron chi connectivity index (χ3n) is 3.37. The summed E-state index contributed by atoms with van der Waals surface area (Å²) in [6.07, 6.45) is 5.50. The fourth-order valence-corrected chi connectivity index (χ4v) is 2.30. The Hall–Kier alpha value is -2.02. The summed E-state index contributed by atoms with van der Waals surface area (Å²) in [5, 5.41) is 15.4. The van der Waals surface area contributed by atoms with Gasteiger partial charge in [-0.15, -0.1) is 5.10 Å². The Bertz CT molecular complexity index is 581. The number of aryl methyl sites for hydroxylation is 1. The average molecular weight is 260 g/mol. The number of ketones is 1. The van der Waals surface area contributed by atoms with E-state index in [4.69, 9.17) is 0 Å². The second-order valence-electron chi connectivity index (χ2n) is 4.77. The van der Waals surface area contributed by atoms with E-state index in [1.807, 2.05) is 0 Å². The van der Waals surface area contributed by atoms with Gasteiger partial charge in [-0.25, -0.2) is 4.68 Å². The lowest BCUT2D eigenvalue weighted by molar-refractivity contribution is 0.102. The monoisotopic (exact) mass is 260 g/mol. The van der Waals surface area contributed by atoms with Crippen LogP contribution in [0.2, 0.25) is 0 Å². The summed E-state index contributed by atoms with van der Waals surface area (Å²) >= 11 is 0. The molecule has 0 unspecified atom stereocenters. The van der Waals surface area contributed by atoms with Crippen LogP contribution in [-0.2, 0) is 7.05 Å². The number of nitrogens with zero attached hydrogens (tertiary/aromatic N) is 5. The van der Waals surface area contributed by atoms with Crippen molar-refractivity contribution in [2.24, 2.45) is 7.05 Å². The van der Waals surface area contributed by atoms with Crippen LogP contribution in [0.1, 0.15) is 35.1 Å². The van der Waals surface area contributed by atoms with Gasteiger partial charge in [-0.2, -0.15) is 5.10 Å². The van der Waals surface area contributed by atoms with Crippen LogP contribution in [0.15, 0.2) is 18.5 Å². The van der Waals surface area contributed by atoms with E-state index in [9.17, 15) is 4.79 Å². The molecule has 0 amide bonds. The minimum atomic E-state index is -0.180. The largest absolute Gasteiger partial charge is 0.317 e. The van der Waals surface area contributed by atoms with Crippen molar-refractivity contribution in [3.05, 3.63) is 29.8 Å². The summed E-state index contributed by atoms with van der Waals surface area (Å²) < 4.78 is 3.40. The van der Waals surface area contributed by atoms with Gasteiger partial charge in [0.05, 0.1) is 12.2 Å². The van der Waals surface area contributed by atoms with Gasteiger partial charge in [0.1, 0.15) is 5.69 Å². The Morgan fingerprint density at radius 3 is 2.84 bits per heavy atom. The first-order chi connectivity index (χ1) is 9.24. The third-order valence-corrected chi connectivity index (χ3v) is 3.37. The van der Waals surface area contributed by atoms with Crippen LogP contribution in [0, 0.1) is 0 Å². The first-order valence-corrected chi connectivity index (χ1v) is 6.41. The van der Waals surface area contributed by atoms with Gasteiger partial charge in [0.15, 0.2) is 5.69 Å². The molecule has 7 nitrogen and oxygen atoms in total. The molecule has 0 aliphatic carbocycles. The molecular formula is C12H16N6O. The van der Waals surface area contributed by atoms with Gasteiger partial charge in [-0.05, 0) is 32.0 Å². The smallest absolute Gasteiger partial charge is 0.235 e. The molecule has 7 heteroatoms. The standard InChI is InChI=1S/C12H16N6O/c1-17-7-4-10(15-17)12(19)11-8-18(16-14-11)9-2-5-13-6-3-9/h4,7-9,13H,2-3,5-6H2,1H3.